The molecule has 0 spiro atoms. The summed E-state index contributed by atoms with van der Waals surface area (Å²) >= 11 is 0. The fourth-order valence-electron chi connectivity index (χ4n) is 5.41. The van der Waals surface area contributed by atoms with Gasteiger partial charge >= 0.3 is 0 Å². The van der Waals surface area contributed by atoms with E-state index in [1.807, 2.05) is 0 Å². The van der Waals surface area contributed by atoms with Crippen LogP contribution < -0.4 is 10.6 Å². The number of carbonyl (C=O) groups is 2. The fourth-order valence-corrected chi connectivity index (χ4v) is 5.41. The molecule has 0 radical (unpaired) electrons. The van der Waals surface area contributed by atoms with Gasteiger partial charge in [0.2, 0.25) is 11.8 Å². The summed E-state index contributed by atoms with van der Waals surface area (Å²) in [6, 6.07) is 19.9. The summed E-state index contributed by atoms with van der Waals surface area (Å²) in [6.45, 7) is 0.450. The molecular formula is C34H32N2O8. The van der Waals surface area contributed by atoms with Crippen molar-refractivity contribution in [2.75, 3.05) is 13.1 Å². The monoisotopic (exact) mass is 596 g/mol. The van der Waals surface area contributed by atoms with Crippen LogP contribution in [0.15, 0.2) is 84.4 Å². The van der Waals surface area contributed by atoms with Crippen LogP contribution in [0.2, 0.25) is 0 Å². The third-order valence-electron chi connectivity index (χ3n) is 7.68. The van der Waals surface area contributed by atoms with Crippen molar-refractivity contribution in [3.05, 3.63) is 112 Å². The van der Waals surface area contributed by atoms with Gasteiger partial charge in [-0.2, -0.15) is 0 Å². The molecule has 8 N–H and O–H groups in total. The molecule has 0 unspecified atom stereocenters. The highest BCUT2D eigenvalue weighted by Crippen LogP contribution is 2.47. The average Bonchev–Trinajstić information content (AvgIpc) is 3.00. The van der Waals surface area contributed by atoms with Crippen molar-refractivity contribution in [3.63, 3.8) is 0 Å². The smallest absolute Gasteiger partial charge is 0.248 e. The molecule has 2 atom stereocenters. The van der Waals surface area contributed by atoms with Gasteiger partial charge in [-0.15, -0.1) is 0 Å². The highest BCUT2D eigenvalue weighted by Gasteiger charge is 2.41. The number of phenolic OH excluding ortho intramolecular Hbond substituents is 6. The minimum absolute atomic E-state index is 0.105. The van der Waals surface area contributed by atoms with E-state index in [0.717, 1.165) is 11.1 Å². The van der Waals surface area contributed by atoms with Crippen LogP contribution in [0.4, 0.5) is 0 Å². The van der Waals surface area contributed by atoms with Crippen molar-refractivity contribution in [3.8, 4) is 34.5 Å². The number of hydrogen-bond donors (Lipinski definition) is 8. The van der Waals surface area contributed by atoms with Gasteiger partial charge in [0.1, 0.15) is 11.5 Å². The van der Waals surface area contributed by atoms with Crippen molar-refractivity contribution in [2.45, 2.75) is 18.8 Å². The van der Waals surface area contributed by atoms with Crippen molar-refractivity contribution in [2.24, 2.45) is 5.92 Å². The molecule has 0 bridgehead atoms. The van der Waals surface area contributed by atoms with Gasteiger partial charge in [-0.1, -0.05) is 30.3 Å². The SMILES string of the molecule is O=C(NCCc1ccc(O)cc1)C1=Cc2cc(O)c(O)cc2[C@H](c2ccc(O)c(O)c2)[C@H]1C(=O)NCCc1ccc(O)cc1. The lowest BCUT2D eigenvalue weighted by Gasteiger charge is -2.34. The number of amides is 2. The molecule has 0 aliphatic heterocycles. The first-order chi connectivity index (χ1) is 21.1. The zero-order valence-corrected chi connectivity index (χ0v) is 23.6. The number of nitrogens with one attached hydrogen (secondary N) is 2. The quantitative estimate of drug-likeness (QED) is 0.134. The molecule has 226 valence electrons. The van der Waals surface area contributed by atoms with Gasteiger partial charge in [0.25, 0.3) is 0 Å². The number of carbonyl (C=O) groups excluding carboxylic acids is 2. The maximum atomic E-state index is 14.0. The molecule has 4 aromatic rings. The van der Waals surface area contributed by atoms with E-state index in [4.69, 9.17) is 0 Å². The van der Waals surface area contributed by atoms with E-state index >= 15 is 0 Å². The van der Waals surface area contributed by atoms with E-state index in [9.17, 15) is 40.2 Å². The zero-order chi connectivity index (χ0) is 31.4. The Morgan fingerprint density at radius 2 is 1.16 bits per heavy atom. The second kappa shape index (κ2) is 12.7. The van der Waals surface area contributed by atoms with Gasteiger partial charge < -0.3 is 41.3 Å². The molecule has 5 rings (SSSR count). The molecule has 4 aromatic carbocycles. The summed E-state index contributed by atoms with van der Waals surface area (Å²) in [5, 5.41) is 65.8. The lowest BCUT2D eigenvalue weighted by Crippen LogP contribution is -2.42. The van der Waals surface area contributed by atoms with Crippen molar-refractivity contribution in [1.29, 1.82) is 0 Å². The number of hydrogen-bond acceptors (Lipinski definition) is 8. The molecular weight excluding hydrogens is 564 g/mol. The van der Waals surface area contributed by atoms with Gasteiger partial charge in [0.05, 0.1) is 5.92 Å². The molecule has 0 saturated carbocycles. The predicted octanol–water partition coefficient (Wildman–Crippen LogP) is 3.78. The first-order valence-electron chi connectivity index (χ1n) is 14.0. The van der Waals surface area contributed by atoms with Crippen LogP contribution in [0.5, 0.6) is 34.5 Å². The van der Waals surface area contributed by atoms with E-state index in [-0.39, 0.29) is 35.9 Å². The van der Waals surface area contributed by atoms with Crippen LogP contribution in [0.1, 0.15) is 33.7 Å². The summed E-state index contributed by atoms with van der Waals surface area (Å²) in [7, 11) is 0. The van der Waals surface area contributed by atoms with Crippen LogP contribution in [0.3, 0.4) is 0 Å². The normalized spacial score (nSPS) is 15.6. The van der Waals surface area contributed by atoms with Crippen molar-refractivity contribution < 1.29 is 40.2 Å². The molecule has 10 nitrogen and oxygen atoms in total. The summed E-state index contributed by atoms with van der Waals surface area (Å²) in [4.78, 5) is 27.7. The molecule has 10 heteroatoms. The van der Waals surface area contributed by atoms with Crippen LogP contribution in [-0.2, 0) is 22.4 Å². The second-order valence-electron chi connectivity index (χ2n) is 10.7. The lowest BCUT2D eigenvalue weighted by molar-refractivity contribution is -0.127. The Kier molecular flexibility index (Phi) is 8.61. The third-order valence-corrected chi connectivity index (χ3v) is 7.68. The highest BCUT2D eigenvalue weighted by atomic mass is 16.3. The maximum Gasteiger partial charge on any atom is 0.248 e. The van der Waals surface area contributed by atoms with Gasteiger partial charge in [-0.05, 0) is 95.3 Å². The van der Waals surface area contributed by atoms with E-state index in [1.54, 1.807) is 48.5 Å². The molecule has 1 aliphatic carbocycles. The van der Waals surface area contributed by atoms with Crippen LogP contribution in [-0.4, -0.2) is 55.5 Å². The van der Waals surface area contributed by atoms with Gasteiger partial charge in [-0.3, -0.25) is 9.59 Å². The third kappa shape index (κ3) is 6.54. The average molecular weight is 597 g/mol. The van der Waals surface area contributed by atoms with Gasteiger partial charge in [-0.25, -0.2) is 0 Å². The lowest BCUT2D eigenvalue weighted by atomic mass is 9.70. The molecule has 0 saturated heterocycles. The zero-order valence-electron chi connectivity index (χ0n) is 23.6. The predicted molar refractivity (Wildman–Crippen MR) is 162 cm³/mol. The molecule has 44 heavy (non-hydrogen) atoms. The summed E-state index contributed by atoms with van der Waals surface area (Å²) in [5.74, 6) is -4.38. The summed E-state index contributed by atoms with van der Waals surface area (Å²) in [6.07, 6.45) is 2.42. The first-order valence-corrected chi connectivity index (χ1v) is 14.0. The van der Waals surface area contributed by atoms with E-state index in [0.29, 0.717) is 29.5 Å². The molecule has 0 heterocycles. The molecule has 0 fully saturated rings. The Bertz CT molecular complexity index is 1710. The number of benzene rings is 4. The van der Waals surface area contributed by atoms with Gasteiger partial charge in [0.15, 0.2) is 23.0 Å². The maximum absolute atomic E-state index is 14.0. The second-order valence-corrected chi connectivity index (χ2v) is 10.7. The van der Waals surface area contributed by atoms with Crippen LogP contribution >= 0.6 is 0 Å². The van der Waals surface area contributed by atoms with Crippen molar-refractivity contribution in [1.82, 2.24) is 10.6 Å². The summed E-state index contributed by atoms with van der Waals surface area (Å²) < 4.78 is 0. The van der Waals surface area contributed by atoms with Crippen molar-refractivity contribution >= 4 is 17.9 Å². The minimum atomic E-state index is -1.12. The molecule has 0 aromatic heterocycles. The largest absolute Gasteiger partial charge is 0.508 e. The molecule has 1 aliphatic rings. The van der Waals surface area contributed by atoms with E-state index < -0.39 is 40.9 Å². The number of fused-ring (bicyclic) bond motifs is 1. The highest BCUT2D eigenvalue weighted by molar-refractivity contribution is 6.06. The Labute approximate surface area is 253 Å². The molecule has 2 amide bonds. The minimum Gasteiger partial charge on any atom is -0.508 e. The Morgan fingerprint density at radius 3 is 1.75 bits per heavy atom. The Morgan fingerprint density at radius 1 is 0.614 bits per heavy atom. The van der Waals surface area contributed by atoms with Crippen LogP contribution in [0.25, 0.3) is 6.08 Å². The first kappa shape index (κ1) is 29.8. The van der Waals surface area contributed by atoms with E-state index in [1.165, 1.54) is 36.4 Å². The fraction of sp³-hybridized carbons (Fsp3) is 0.176. The summed E-state index contributed by atoms with van der Waals surface area (Å²) in [5.41, 5.74) is 3.09. The standard InChI is InChI=1S/C34H32N2O8/c37-23-6-1-19(2-7-23)11-13-35-33(43)26-15-22-17-29(41)30(42)18-25(22)31(21-5-10-27(39)28(40)16-21)32(26)34(44)36-14-12-20-3-8-24(38)9-4-20/h1-10,15-18,31-32,37-42H,11-14H2,(H,35,43)(H,36,44)/t31-,32-/m0/s1. The van der Waals surface area contributed by atoms with Crippen LogP contribution in [0, 0.1) is 5.92 Å². The van der Waals surface area contributed by atoms with E-state index in [2.05, 4.69) is 10.6 Å². The Hall–Kier alpha value is -5.64. The topological polar surface area (TPSA) is 180 Å². The van der Waals surface area contributed by atoms with Gasteiger partial charge in [0, 0.05) is 24.6 Å². The number of aromatic hydroxyl groups is 6. The number of phenols is 6. The Balaban J connectivity index is 1.49. The number of rotatable bonds is 9.